The lowest BCUT2D eigenvalue weighted by atomic mass is 10.2. The number of esters is 1. The van der Waals surface area contributed by atoms with E-state index in [-0.39, 0.29) is 12.1 Å². The monoisotopic (exact) mass is 351 g/mol. The van der Waals surface area contributed by atoms with Crippen LogP contribution in [0.3, 0.4) is 0 Å². The lowest BCUT2D eigenvalue weighted by molar-refractivity contribution is -0.154. The van der Waals surface area contributed by atoms with Crippen LogP contribution in [0.1, 0.15) is 54.4 Å². The lowest BCUT2D eigenvalue weighted by Gasteiger charge is -2.19. The summed E-state index contributed by atoms with van der Waals surface area (Å²) in [6.45, 7) is 11.7. The average molecular weight is 352 g/mol. The highest BCUT2D eigenvalue weighted by Crippen LogP contribution is 2.22. The Bertz CT molecular complexity index is 314. The van der Waals surface area contributed by atoms with Gasteiger partial charge in [0.1, 0.15) is 11.2 Å². The molecule has 0 saturated heterocycles. The van der Waals surface area contributed by atoms with E-state index < -0.39 is 11.2 Å². The molecule has 22 heavy (non-hydrogen) atoms. The first kappa shape index (κ1) is 21.4. The third-order valence-electron chi connectivity index (χ3n) is 1.97. The van der Waals surface area contributed by atoms with Gasteiger partial charge in [0.15, 0.2) is 0 Å². The summed E-state index contributed by atoms with van der Waals surface area (Å²) in [5.41, 5.74) is -0.875. The minimum Gasteiger partial charge on any atom is -0.460 e. The number of ether oxygens (including phenoxy) is 2. The van der Waals surface area contributed by atoms with Crippen molar-refractivity contribution in [2.24, 2.45) is 0 Å². The van der Waals surface area contributed by atoms with Crippen molar-refractivity contribution in [3.63, 3.8) is 0 Å². The number of rotatable bonds is 8. The van der Waals surface area contributed by atoms with Gasteiger partial charge in [0, 0.05) is 24.5 Å². The van der Waals surface area contributed by atoms with Gasteiger partial charge in [-0.1, -0.05) is 21.6 Å². The van der Waals surface area contributed by atoms with Crippen molar-refractivity contribution in [1.82, 2.24) is 5.32 Å². The predicted octanol–water partition coefficient (Wildman–Crippen LogP) is 4.01. The molecule has 0 aromatic heterocycles. The van der Waals surface area contributed by atoms with Gasteiger partial charge >= 0.3 is 12.1 Å². The fourth-order valence-corrected chi connectivity index (χ4v) is 3.29. The average Bonchev–Trinajstić information content (AvgIpc) is 2.27. The zero-order chi connectivity index (χ0) is 17.2. The maximum absolute atomic E-state index is 11.5. The molecule has 7 heteroatoms. The molecule has 0 aromatic rings. The van der Waals surface area contributed by atoms with E-state index in [4.69, 9.17) is 9.47 Å². The summed E-state index contributed by atoms with van der Waals surface area (Å²) in [5, 5.41) is 2.70. The number of carbonyl (C=O) groups is 2. The van der Waals surface area contributed by atoms with Gasteiger partial charge in [0.05, 0.1) is 0 Å². The van der Waals surface area contributed by atoms with Gasteiger partial charge in [-0.15, -0.1) is 0 Å². The van der Waals surface area contributed by atoms with Crippen molar-refractivity contribution in [3.05, 3.63) is 0 Å². The van der Waals surface area contributed by atoms with Crippen molar-refractivity contribution in [2.75, 3.05) is 18.1 Å². The Morgan fingerprint density at radius 1 is 0.909 bits per heavy atom. The largest absolute Gasteiger partial charge is 0.460 e. The second kappa shape index (κ2) is 10.3. The number of hydrogen-bond acceptors (Lipinski definition) is 6. The van der Waals surface area contributed by atoms with Crippen LogP contribution >= 0.6 is 21.6 Å². The number of nitrogens with one attached hydrogen (secondary N) is 1. The highest BCUT2D eigenvalue weighted by atomic mass is 33.1. The summed E-state index contributed by atoms with van der Waals surface area (Å²) >= 11 is 0. The van der Waals surface area contributed by atoms with E-state index in [0.717, 1.165) is 17.9 Å². The topological polar surface area (TPSA) is 64.6 Å². The van der Waals surface area contributed by atoms with Gasteiger partial charge in [-0.3, -0.25) is 4.79 Å². The summed E-state index contributed by atoms with van der Waals surface area (Å²) in [7, 11) is 3.37. The molecule has 0 rings (SSSR count). The zero-order valence-corrected chi connectivity index (χ0v) is 16.1. The number of alkyl carbamates (subject to hydrolysis) is 1. The van der Waals surface area contributed by atoms with E-state index >= 15 is 0 Å². The molecular weight excluding hydrogens is 322 g/mol. The van der Waals surface area contributed by atoms with Crippen LogP contribution in [-0.4, -0.2) is 41.3 Å². The van der Waals surface area contributed by atoms with E-state index in [1.165, 1.54) is 0 Å². The van der Waals surface area contributed by atoms with E-state index in [0.29, 0.717) is 13.0 Å². The van der Waals surface area contributed by atoms with E-state index in [1.54, 1.807) is 21.6 Å². The molecule has 0 spiro atoms. The molecule has 130 valence electrons. The molecule has 0 atom stereocenters. The zero-order valence-electron chi connectivity index (χ0n) is 14.5. The van der Waals surface area contributed by atoms with Gasteiger partial charge in [-0.05, 0) is 48.0 Å². The third kappa shape index (κ3) is 15.8. The van der Waals surface area contributed by atoms with Crippen LogP contribution in [-0.2, 0) is 14.3 Å². The van der Waals surface area contributed by atoms with Crippen LogP contribution in [0.25, 0.3) is 0 Å². The fraction of sp³-hybridized carbons (Fsp3) is 0.867. The maximum Gasteiger partial charge on any atom is 0.407 e. The molecule has 1 amide bonds. The smallest absolute Gasteiger partial charge is 0.407 e. The Hall–Kier alpha value is -0.560. The van der Waals surface area contributed by atoms with Gasteiger partial charge in [-0.25, -0.2) is 4.79 Å². The Balaban J connectivity index is 3.45. The van der Waals surface area contributed by atoms with Crippen molar-refractivity contribution < 1.29 is 19.1 Å². The Labute approximate surface area is 142 Å². The van der Waals surface area contributed by atoms with Gasteiger partial charge in [0.25, 0.3) is 0 Å². The molecule has 0 aliphatic heterocycles. The Kier molecular flexibility index (Phi) is 10.00. The molecular formula is C15H29NO4S2. The van der Waals surface area contributed by atoms with Crippen LogP contribution in [0.15, 0.2) is 0 Å². The first-order chi connectivity index (χ1) is 9.99. The second-order valence-corrected chi connectivity index (χ2v) is 9.46. The predicted molar refractivity (Wildman–Crippen MR) is 94.2 cm³/mol. The van der Waals surface area contributed by atoms with Crippen LogP contribution in [0.2, 0.25) is 0 Å². The Morgan fingerprint density at radius 3 is 2.00 bits per heavy atom. The molecule has 1 N–H and O–H groups in total. The van der Waals surface area contributed by atoms with Crippen LogP contribution in [0.4, 0.5) is 4.79 Å². The minimum absolute atomic E-state index is 0.148. The molecule has 0 aliphatic carbocycles. The number of carbonyl (C=O) groups excluding carboxylic acids is 2. The van der Waals surface area contributed by atoms with Crippen LogP contribution in [0.5, 0.6) is 0 Å². The fourth-order valence-electron chi connectivity index (χ4n) is 1.29. The minimum atomic E-state index is -0.465. The molecule has 0 heterocycles. The summed E-state index contributed by atoms with van der Waals surface area (Å²) in [4.78, 5) is 22.9. The van der Waals surface area contributed by atoms with Crippen LogP contribution < -0.4 is 5.32 Å². The van der Waals surface area contributed by atoms with Gasteiger partial charge in [-0.2, -0.15) is 0 Å². The highest BCUT2D eigenvalue weighted by Gasteiger charge is 2.16. The molecule has 0 aromatic carbocycles. The highest BCUT2D eigenvalue weighted by molar-refractivity contribution is 8.76. The van der Waals surface area contributed by atoms with Crippen LogP contribution in [0, 0.1) is 0 Å². The number of amides is 1. The third-order valence-corrected chi connectivity index (χ3v) is 4.46. The van der Waals surface area contributed by atoms with Crippen molar-refractivity contribution in [2.45, 2.75) is 65.6 Å². The first-order valence-electron chi connectivity index (χ1n) is 7.43. The second-order valence-electron chi connectivity index (χ2n) is 6.76. The summed E-state index contributed by atoms with van der Waals surface area (Å²) in [5.74, 6) is 1.54. The van der Waals surface area contributed by atoms with E-state index in [2.05, 4.69) is 5.32 Å². The van der Waals surface area contributed by atoms with Crippen molar-refractivity contribution >= 4 is 33.7 Å². The molecule has 0 aliphatic rings. The molecule has 0 bridgehead atoms. The standard InChI is InChI=1S/C15H29NO4S2/c1-14(2,3)19-12(17)8-7-10-21-22-11-9-16-13(18)20-15(4,5)6/h7-11H2,1-6H3,(H,16,18). The van der Waals surface area contributed by atoms with Gasteiger partial charge in [0.2, 0.25) is 0 Å². The van der Waals surface area contributed by atoms with Gasteiger partial charge < -0.3 is 14.8 Å². The van der Waals surface area contributed by atoms with E-state index in [1.807, 2.05) is 41.5 Å². The molecule has 0 fully saturated rings. The quantitative estimate of drug-likeness (QED) is 0.405. The first-order valence-corrected chi connectivity index (χ1v) is 9.91. The number of hydrogen-bond donors (Lipinski definition) is 1. The maximum atomic E-state index is 11.5. The summed E-state index contributed by atoms with van der Waals surface area (Å²) < 4.78 is 10.4. The summed E-state index contributed by atoms with van der Waals surface area (Å²) in [6, 6.07) is 0. The molecule has 0 radical (unpaired) electrons. The summed E-state index contributed by atoms with van der Waals surface area (Å²) in [6.07, 6.45) is 0.857. The van der Waals surface area contributed by atoms with Crippen molar-refractivity contribution in [1.29, 1.82) is 0 Å². The lowest BCUT2D eigenvalue weighted by Crippen LogP contribution is -2.33. The molecule has 0 unspecified atom stereocenters. The molecule has 0 saturated carbocycles. The Morgan fingerprint density at radius 2 is 1.45 bits per heavy atom. The normalized spacial score (nSPS) is 11.9. The van der Waals surface area contributed by atoms with E-state index in [9.17, 15) is 9.59 Å². The SMILES string of the molecule is CC(C)(C)OC(=O)CCCSSCCNC(=O)OC(C)(C)C. The van der Waals surface area contributed by atoms with Crippen molar-refractivity contribution in [3.8, 4) is 0 Å². The molecule has 5 nitrogen and oxygen atoms in total.